The van der Waals surface area contributed by atoms with Gasteiger partial charge in [-0.1, -0.05) is 15.9 Å². The van der Waals surface area contributed by atoms with E-state index in [2.05, 4.69) is 20.9 Å². The predicted octanol–water partition coefficient (Wildman–Crippen LogP) is 2.30. The summed E-state index contributed by atoms with van der Waals surface area (Å²) in [5.41, 5.74) is 0.878. The lowest BCUT2D eigenvalue weighted by Gasteiger charge is -2.17. The molecule has 0 amide bonds. The highest BCUT2D eigenvalue weighted by Gasteiger charge is 2.09. The van der Waals surface area contributed by atoms with Crippen LogP contribution in [0.4, 0.5) is 0 Å². The highest BCUT2D eigenvalue weighted by molar-refractivity contribution is 9.10. The van der Waals surface area contributed by atoms with Crippen molar-refractivity contribution in [3.8, 4) is 5.75 Å². The second-order valence-electron chi connectivity index (χ2n) is 4.70. The third-order valence-corrected chi connectivity index (χ3v) is 3.16. The van der Waals surface area contributed by atoms with Crippen LogP contribution in [0.25, 0.3) is 10.9 Å². The van der Waals surface area contributed by atoms with Crippen molar-refractivity contribution in [2.45, 2.75) is 6.10 Å². The molecule has 1 unspecified atom stereocenters. The van der Waals surface area contributed by atoms with Crippen LogP contribution in [-0.2, 0) is 0 Å². The van der Waals surface area contributed by atoms with Gasteiger partial charge in [0.1, 0.15) is 18.5 Å². The monoisotopic (exact) mass is 324 g/mol. The van der Waals surface area contributed by atoms with Crippen LogP contribution in [0.2, 0.25) is 0 Å². The number of benzene rings is 1. The predicted molar refractivity (Wildman–Crippen MR) is 79.5 cm³/mol. The zero-order valence-corrected chi connectivity index (χ0v) is 12.6. The zero-order chi connectivity index (χ0) is 13.8. The van der Waals surface area contributed by atoms with Crippen molar-refractivity contribution in [2.24, 2.45) is 0 Å². The molecule has 1 heterocycles. The molecule has 4 nitrogen and oxygen atoms in total. The van der Waals surface area contributed by atoms with E-state index in [0.29, 0.717) is 6.54 Å². The Morgan fingerprint density at radius 2 is 2.16 bits per heavy atom. The van der Waals surface area contributed by atoms with Crippen molar-refractivity contribution in [1.29, 1.82) is 0 Å². The van der Waals surface area contributed by atoms with Gasteiger partial charge < -0.3 is 14.7 Å². The van der Waals surface area contributed by atoms with E-state index in [1.807, 2.05) is 43.3 Å². The highest BCUT2D eigenvalue weighted by atomic mass is 79.9. The van der Waals surface area contributed by atoms with Gasteiger partial charge >= 0.3 is 0 Å². The smallest absolute Gasteiger partial charge is 0.130 e. The van der Waals surface area contributed by atoms with Crippen LogP contribution in [0.15, 0.2) is 34.9 Å². The Kier molecular flexibility index (Phi) is 4.74. The number of likely N-dealkylation sites (N-methyl/N-ethyl adjacent to an activating group) is 1. The van der Waals surface area contributed by atoms with E-state index < -0.39 is 6.10 Å². The largest absolute Gasteiger partial charge is 0.490 e. The summed E-state index contributed by atoms with van der Waals surface area (Å²) in [6, 6.07) is 7.66. The molecule has 1 aromatic carbocycles. The Labute approximate surface area is 121 Å². The molecular weight excluding hydrogens is 308 g/mol. The van der Waals surface area contributed by atoms with Gasteiger partial charge in [-0.15, -0.1) is 0 Å². The van der Waals surface area contributed by atoms with Gasteiger partial charge in [0.15, 0.2) is 0 Å². The second-order valence-corrected chi connectivity index (χ2v) is 5.61. The van der Waals surface area contributed by atoms with E-state index in [4.69, 9.17) is 4.74 Å². The van der Waals surface area contributed by atoms with Crippen molar-refractivity contribution in [3.05, 3.63) is 34.9 Å². The fourth-order valence-electron chi connectivity index (χ4n) is 1.88. The molecule has 0 radical (unpaired) electrons. The van der Waals surface area contributed by atoms with Gasteiger partial charge in [-0.25, -0.2) is 0 Å². The maximum Gasteiger partial charge on any atom is 0.130 e. The number of pyridine rings is 1. The Balaban J connectivity index is 2.14. The van der Waals surface area contributed by atoms with Gasteiger partial charge in [-0.2, -0.15) is 0 Å². The minimum atomic E-state index is -0.509. The molecule has 1 N–H and O–H groups in total. The summed E-state index contributed by atoms with van der Waals surface area (Å²) >= 11 is 3.44. The van der Waals surface area contributed by atoms with Gasteiger partial charge in [-0.3, -0.25) is 4.98 Å². The SMILES string of the molecule is CN(C)CC(O)COc1ccnc2ccc(Br)cc12. The number of aliphatic hydroxyl groups excluding tert-OH is 1. The lowest BCUT2D eigenvalue weighted by atomic mass is 10.2. The third kappa shape index (κ3) is 3.89. The van der Waals surface area contributed by atoms with E-state index in [1.165, 1.54) is 0 Å². The van der Waals surface area contributed by atoms with Crippen molar-refractivity contribution in [1.82, 2.24) is 9.88 Å². The fourth-order valence-corrected chi connectivity index (χ4v) is 2.24. The van der Waals surface area contributed by atoms with Gasteiger partial charge in [0.2, 0.25) is 0 Å². The lowest BCUT2D eigenvalue weighted by molar-refractivity contribution is 0.0837. The van der Waals surface area contributed by atoms with E-state index in [0.717, 1.165) is 21.1 Å². The molecule has 0 aliphatic carbocycles. The second kappa shape index (κ2) is 6.32. The van der Waals surface area contributed by atoms with Gasteiger partial charge in [0.25, 0.3) is 0 Å². The Hall–Kier alpha value is -1.17. The van der Waals surface area contributed by atoms with Crippen LogP contribution < -0.4 is 4.74 Å². The summed E-state index contributed by atoms with van der Waals surface area (Å²) < 4.78 is 6.68. The van der Waals surface area contributed by atoms with E-state index in [1.54, 1.807) is 6.20 Å². The minimum absolute atomic E-state index is 0.268. The molecule has 0 bridgehead atoms. The van der Waals surface area contributed by atoms with Crippen molar-refractivity contribution >= 4 is 26.8 Å². The zero-order valence-electron chi connectivity index (χ0n) is 11.0. The molecule has 1 aromatic heterocycles. The highest BCUT2D eigenvalue weighted by Crippen LogP contribution is 2.26. The van der Waals surface area contributed by atoms with Crippen molar-refractivity contribution in [3.63, 3.8) is 0 Å². The Morgan fingerprint density at radius 1 is 1.37 bits per heavy atom. The van der Waals surface area contributed by atoms with Gasteiger partial charge in [0.05, 0.1) is 5.52 Å². The summed E-state index contributed by atoms with van der Waals surface area (Å²) in [5, 5.41) is 10.8. The number of halogens is 1. The number of ether oxygens (including phenoxy) is 1. The van der Waals surface area contributed by atoms with Crippen LogP contribution >= 0.6 is 15.9 Å². The maximum absolute atomic E-state index is 9.82. The first-order chi connectivity index (χ1) is 9.06. The number of fused-ring (bicyclic) bond motifs is 1. The molecule has 0 aliphatic heterocycles. The number of nitrogens with zero attached hydrogens (tertiary/aromatic N) is 2. The average molecular weight is 325 g/mol. The van der Waals surface area contributed by atoms with Crippen LogP contribution in [0.1, 0.15) is 0 Å². The van der Waals surface area contributed by atoms with Crippen LogP contribution in [-0.4, -0.2) is 48.3 Å². The number of hydrogen-bond acceptors (Lipinski definition) is 4. The molecule has 1 atom stereocenters. The third-order valence-electron chi connectivity index (χ3n) is 2.67. The number of rotatable bonds is 5. The number of hydrogen-bond donors (Lipinski definition) is 1. The number of aromatic nitrogens is 1. The summed E-state index contributed by atoms with van der Waals surface area (Å²) in [5.74, 6) is 0.740. The molecule has 2 aromatic rings. The normalized spacial score (nSPS) is 12.9. The first-order valence-electron chi connectivity index (χ1n) is 6.06. The minimum Gasteiger partial charge on any atom is -0.490 e. The topological polar surface area (TPSA) is 45.6 Å². The quantitative estimate of drug-likeness (QED) is 0.916. The fraction of sp³-hybridized carbons (Fsp3) is 0.357. The van der Waals surface area contributed by atoms with Crippen molar-refractivity contribution < 1.29 is 9.84 Å². The molecule has 5 heteroatoms. The Bertz CT molecular complexity index is 560. The molecule has 2 rings (SSSR count). The summed E-state index contributed by atoms with van der Waals surface area (Å²) in [7, 11) is 3.84. The standard InChI is InChI=1S/C14H17BrN2O2/c1-17(2)8-11(18)9-19-14-5-6-16-13-4-3-10(15)7-12(13)14/h3-7,11,18H,8-9H2,1-2H3. The summed E-state index contributed by atoms with van der Waals surface area (Å²) in [6.07, 6.45) is 1.20. The average Bonchev–Trinajstić information content (AvgIpc) is 2.35. The van der Waals surface area contributed by atoms with Crippen LogP contribution in [0.3, 0.4) is 0 Å². The maximum atomic E-state index is 9.82. The van der Waals surface area contributed by atoms with Gasteiger partial charge in [0, 0.05) is 22.6 Å². The molecular formula is C14H17BrN2O2. The van der Waals surface area contributed by atoms with E-state index >= 15 is 0 Å². The Morgan fingerprint density at radius 3 is 2.89 bits per heavy atom. The van der Waals surface area contributed by atoms with Crippen LogP contribution in [0.5, 0.6) is 5.75 Å². The molecule has 102 valence electrons. The van der Waals surface area contributed by atoms with E-state index in [-0.39, 0.29) is 6.61 Å². The van der Waals surface area contributed by atoms with Crippen molar-refractivity contribution in [2.75, 3.05) is 27.2 Å². The molecule has 0 fully saturated rings. The van der Waals surface area contributed by atoms with E-state index in [9.17, 15) is 5.11 Å². The molecule has 19 heavy (non-hydrogen) atoms. The number of aliphatic hydroxyl groups is 1. The first-order valence-corrected chi connectivity index (χ1v) is 6.85. The molecule has 0 aliphatic rings. The molecule has 0 saturated heterocycles. The summed E-state index contributed by atoms with van der Waals surface area (Å²) in [6.45, 7) is 0.844. The molecule has 0 spiro atoms. The lowest BCUT2D eigenvalue weighted by Crippen LogP contribution is -2.30. The molecule has 0 saturated carbocycles. The van der Waals surface area contributed by atoms with Gasteiger partial charge in [-0.05, 0) is 38.4 Å². The summed E-state index contributed by atoms with van der Waals surface area (Å²) in [4.78, 5) is 6.21. The first kappa shape index (κ1) is 14.2. The van der Waals surface area contributed by atoms with Crippen LogP contribution in [0, 0.1) is 0 Å².